The number of para-hydroxylation sites is 2. The molecule has 0 saturated heterocycles. The summed E-state index contributed by atoms with van der Waals surface area (Å²) in [6.45, 7) is -1.23. The van der Waals surface area contributed by atoms with Crippen molar-refractivity contribution >= 4 is 11.0 Å². The van der Waals surface area contributed by atoms with Crippen molar-refractivity contribution in [2.24, 2.45) is 0 Å². The van der Waals surface area contributed by atoms with Crippen LogP contribution in [0.3, 0.4) is 0 Å². The summed E-state index contributed by atoms with van der Waals surface area (Å²) >= 11 is 0. The average Bonchev–Trinajstić information content (AvgIpc) is 2.65. The molecule has 0 fully saturated rings. The van der Waals surface area contributed by atoms with Crippen LogP contribution in [0.2, 0.25) is 0 Å². The maximum atomic E-state index is 8.36. The fourth-order valence-electron chi connectivity index (χ4n) is 11.1. The van der Waals surface area contributed by atoms with Gasteiger partial charge in [0.2, 0.25) is 5.69 Å². The number of fused-ring (bicyclic) bond motifs is 5. The number of nitrogens with zero attached hydrogens (tertiary/aromatic N) is 3. The number of ether oxygens (including phenoxy) is 1. The van der Waals surface area contributed by atoms with Crippen LogP contribution in [0.15, 0.2) is 194 Å². The highest BCUT2D eigenvalue weighted by molar-refractivity contribution is 6.00. The summed E-state index contributed by atoms with van der Waals surface area (Å²) in [5.74, 6) is 0.364. The molecule has 0 amide bonds. The first-order valence-electron chi connectivity index (χ1n) is 27.7. The lowest BCUT2D eigenvalue weighted by Crippen LogP contribution is -2.78. The molecule has 0 saturated carbocycles. The van der Waals surface area contributed by atoms with Crippen molar-refractivity contribution < 1.29 is 26.2 Å². The number of aryl methyl sites for hydroxylation is 1. The Morgan fingerprint density at radius 3 is 1.84 bits per heavy atom. The van der Waals surface area contributed by atoms with E-state index in [9.17, 15) is 0 Å². The molecule has 0 bridgehead atoms. The molecule has 68 heavy (non-hydrogen) atoms. The van der Waals surface area contributed by atoms with Gasteiger partial charge in [0, 0.05) is 41.2 Å². The maximum absolute atomic E-state index is 8.36. The molecule has 8 aromatic carbocycles. The fourth-order valence-corrected chi connectivity index (χ4v) is 11.1. The van der Waals surface area contributed by atoms with Crippen molar-refractivity contribution in [3.8, 4) is 89.7 Å². The van der Waals surface area contributed by atoms with Gasteiger partial charge in [0.05, 0.1) is 5.56 Å². The van der Waals surface area contributed by atoms with Crippen LogP contribution >= 0.6 is 0 Å². The standard InChI is InChI=1S/C64H53N3O/c1-40-35-57(52(39-51(40)43-19-12-9-13-20-43)44-27-31-48(32-28-44)63(5,6)7)66-55-23-16-22-49-53-36-46(41-17-10-8-11-18-41)37-54-56-38-45(42-25-29-47(30-26-42)62(2,3)4)33-34-65(56)64(59(53)54)67(60(49)55)61(66)50-21-14-15-24-58(50)68-64/h8-39H,1-7H3/q+2/i2D3,3D3,4D3. The highest BCUT2D eigenvalue weighted by atomic mass is 16.5. The summed E-state index contributed by atoms with van der Waals surface area (Å²) in [5, 5.41) is 0. The predicted octanol–water partition coefficient (Wildman–Crippen LogP) is 15.0. The molecule has 4 heteroatoms. The molecule has 3 aliphatic rings. The van der Waals surface area contributed by atoms with E-state index >= 15 is 0 Å². The van der Waals surface area contributed by atoms with Gasteiger partial charge in [0.15, 0.2) is 17.2 Å². The van der Waals surface area contributed by atoms with Crippen LogP contribution in [0.1, 0.15) is 75.9 Å². The van der Waals surface area contributed by atoms with Crippen molar-refractivity contribution in [3.05, 3.63) is 217 Å². The van der Waals surface area contributed by atoms with Gasteiger partial charge in [0.25, 0.3) is 0 Å². The van der Waals surface area contributed by atoms with Crippen LogP contribution in [-0.4, -0.2) is 4.57 Å². The van der Waals surface area contributed by atoms with Crippen LogP contribution < -0.4 is 13.9 Å². The fraction of sp³-hybridized carbons (Fsp3) is 0.156. The SMILES string of the molecule is [2H]C([2H])([2H])C(c1ccc(-c2cc[n+]3c(c2)-c2cc(-c4ccccc4)cc4c2C32Oc3ccccc3-c3n(-c5cc(C)c(-c6ccccc6)cc5-c5ccc(C(C)(C)C)cc5)c5cccc-4c5[n+]32)cc1)(C([2H])([2H])[2H])C([2H])([2H])[2H]. The Morgan fingerprint density at radius 1 is 0.500 bits per heavy atom. The molecule has 2 aromatic heterocycles. The third kappa shape index (κ3) is 5.79. The third-order valence-electron chi connectivity index (χ3n) is 14.4. The van der Waals surface area contributed by atoms with Gasteiger partial charge >= 0.3 is 11.7 Å². The molecular weight excluding hydrogens is 827 g/mol. The summed E-state index contributed by atoms with van der Waals surface area (Å²) in [7, 11) is 0. The molecule has 1 atom stereocenters. The van der Waals surface area contributed by atoms with Crippen LogP contribution in [0.5, 0.6) is 5.75 Å². The topological polar surface area (TPSA) is 21.9 Å². The first-order valence-corrected chi connectivity index (χ1v) is 23.2. The van der Waals surface area contributed by atoms with Crippen molar-refractivity contribution in [1.82, 2.24) is 4.57 Å². The second-order valence-electron chi connectivity index (χ2n) is 19.6. The minimum absolute atomic E-state index is 0.0359. The minimum Gasteiger partial charge on any atom is -0.392 e. The lowest BCUT2D eigenvalue weighted by Gasteiger charge is -2.32. The number of rotatable bonds is 5. The quantitative estimate of drug-likeness (QED) is 0.158. The average molecular weight is 889 g/mol. The van der Waals surface area contributed by atoms with Gasteiger partial charge < -0.3 is 4.74 Å². The number of benzene rings is 8. The molecule has 328 valence electrons. The number of aromatic nitrogens is 3. The molecule has 4 nitrogen and oxygen atoms in total. The maximum Gasteiger partial charge on any atom is 0.499 e. The summed E-state index contributed by atoms with van der Waals surface area (Å²) in [5.41, 5.74) is 15.6. The Bertz CT molecular complexity index is 4020. The van der Waals surface area contributed by atoms with E-state index < -0.39 is 31.8 Å². The molecule has 1 unspecified atom stereocenters. The molecule has 3 aliphatic heterocycles. The zero-order valence-corrected chi connectivity index (χ0v) is 38.2. The van der Waals surface area contributed by atoms with Crippen molar-refractivity contribution in [3.63, 3.8) is 0 Å². The lowest BCUT2D eigenvalue weighted by atomic mass is 9.85. The van der Waals surface area contributed by atoms with E-state index in [1.54, 1.807) is 12.1 Å². The normalized spacial score (nSPS) is 17.7. The molecule has 10 aromatic rings. The van der Waals surface area contributed by atoms with Crippen LogP contribution in [0.4, 0.5) is 0 Å². The van der Waals surface area contributed by atoms with Crippen molar-refractivity contribution in [1.29, 1.82) is 0 Å². The lowest BCUT2D eigenvalue weighted by molar-refractivity contribution is -0.997. The van der Waals surface area contributed by atoms with Crippen LogP contribution in [0, 0.1) is 6.92 Å². The van der Waals surface area contributed by atoms with E-state index in [2.05, 4.69) is 169 Å². The summed E-state index contributed by atoms with van der Waals surface area (Å²) in [6.07, 6.45) is 2.03. The largest absolute Gasteiger partial charge is 0.499 e. The first-order chi connectivity index (χ1) is 36.6. The highest BCUT2D eigenvalue weighted by Gasteiger charge is 2.68. The molecule has 0 N–H and O–H groups in total. The van der Waals surface area contributed by atoms with Gasteiger partial charge in [-0.25, -0.2) is 0 Å². The van der Waals surface area contributed by atoms with E-state index in [0.29, 0.717) is 11.3 Å². The van der Waals surface area contributed by atoms with Gasteiger partial charge in [-0.2, -0.15) is 4.57 Å². The summed E-state index contributed by atoms with van der Waals surface area (Å²) in [4.78, 5) is 0. The number of hydrogen-bond donors (Lipinski definition) is 0. The van der Waals surface area contributed by atoms with Gasteiger partial charge in [-0.3, -0.25) is 0 Å². The van der Waals surface area contributed by atoms with Crippen LogP contribution in [-0.2, 0) is 16.7 Å². The summed E-state index contributed by atoms with van der Waals surface area (Å²) in [6, 6.07) is 63.9. The molecule has 13 rings (SSSR count). The van der Waals surface area contributed by atoms with E-state index in [4.69, 9.17) is 17.1 Å². The number of imidazole rings is 1. The number of pyridine rings is 1. The second kappa shape index (κ2) is 14.3. The van der Waals surface area contributed by atoms with Gasteiger partial charge in [-0.15, -0.1) is 9.13 Å². The van der Waals surface area contributed by atoms with Crippen LogP contribution in [0.25, 0.3) is 95.0 Å². The monoisotopic (exact) mass is 888 g/mol. The van der Waals surface area contributed by atoms with E-state index in [1.165, 1.54) is 17.7 Å². The minimum atomic E-state index is -3.38. The Hall–Kier alpha value is -7.82. The van der Waals surface area contributed by atoms with E-state index in [1.807, 2.05) is 42.6 Å². The Balaban J connectivity index is 1.10. The third-order valence-corrected chi connectivity index (χ3v) is 14.4. The molecule has 0 radical (unpaired) electrons. The Labute approximate surface area is 411 Å². The highest BCUT2D eigenvalue weighted by Crippen LogP contribution is 2.55. The van der Waals surface area contributed by atoms with Gasteiger partial charge in [0.1, 0.15) is 22.6 Å². The van der Waals surface area contributed by atoms with Crippen molar-refractivity contribution in [2.75, 3.05) is 0 Å². The molecular formula is C64H53N3O+2. The predicted molar refractivity (Wildman–Crippen MR) is 277 cm³/mol. The first kappa shape index (κ1) is 32.0. The van der Waals surface area contributed by atoms with E-state index in [-0.39, 0.29) is 11.0 Å². The Morgan fingerprint density at radius 2 is 1.12 bits per heavy atom. The zero-order valence-electron chi connectivity index (χ0n) is 47.2. The molecule has 5 heterocycles. The zero-order chi connectivity index (χ0) is 53.8. The van der Waals surface area contributed by atoms with Gasteiger partial charge in [-0.05, 0) is 122 Å². The second-order valence-corrected chi connectivity index (χ2v) is 19.6. The van der Waals surface area contributed by atoms with E-state index in [0.717, 1.165) is 101 Å². The molecule has 1 spiro atoms. The Kier molecular flexibility index (Phi) is 6.75. The van der Waals surface area contributed by atoms with Gasteiger partial charge in [-0.1, -0.05) is 169 Å². The van der Waals surface area contributed by atoms with Crippen molar-refractivity contribution in [2.45, 2.75) is 64.9 Å². The smallest absolute Gasteiger partial charge is 0.392 e. The molecule has 0 aliphatic carbocycles. The summed E-state index contributed by atoms with van der Waals surface area (Å²) < 4.78 is 90.0. The number of hydrogen-bond acceptors (Lipinski definition) is 1.